The zero-order valence-electron chi connectivity index (χ0n) is 10.6. The van der Waals surface area contributed by atoms with Gasteiger partial charge < -0.3 is 15.4 Å². The number of anilines is 2. The van der Waals surface area contributed by atoms with Gasteiger partial charge >= 0.3 is 0 Å². The Hall–Kier alpha value is -1.52. The number of rotatable bonds is 4. The van der Waals surface area contributed by atoms with Crippen LogP contribution < -0.4 is 15.4 Å². The Morgan fingerprint density at radius 2 is 2.06 bits per heavy atom. The maximum absolute atomic E-state index is 5.95. The van der Waals surface area contributed by atoms with Crippen molar-refractivity contribution in [2.45, 2.75) is 32.7 Å². The van der Waals surface area contributed by atoms with Gasteiger partial charge in [-0.3, -0.25) is 0 Å². The van der Waals surface area contributed by atoms with Crippen LogP contribution in [0.25, 0.3) is 0 Å². The number of hydrogen-bond donors (Lipinski definition) is 1. The molecule has 5 nitrogen and oxygen atoms in total. The predicted molar refractivity (Wildman–Crippen MR) is 65.8 cm³/mol. The van der Waals surface area contributed by atoms with Crippen LogP contribution in [-0.4, -0.2) is 29.7 Å². The minimum Gasteiger partial charge on any atom is -0.479 e. The number of nitrogens with zero attached hydrogens (tertiary/aromatic N) is 3. The third-order valence-corrected chi connectivity index (χ3v) is 3.11. The molecule has 2 N–H and O–H groups in total. The van der Waals surface area contributed by atoms with Gasteiger partial charge in [0.2, 0.25) is 5.88 Å². The molecule has 0 radical (unpaired) electrons. The van der Waals surface area contributed by atoms with Crippen LogP contribution in [-0.2, 0) is 0 Å². The number of ether oxygens (including phenoxy) is 1. The standard InChI is InChI=1S/C11H20N4O/c1-6-11(2,3)15(4)9-8(12)10(16-5)14-7-13-9/h7H,6,12H2,1-5H3. The normalized spacial score (nSPS) is 11.3. The zero-order valence-corrected chi connectivity index (χ0v) is 10.6. The summed E-state index contributed by atoms with van der Waals surface area (Å²) in [6.45, 7) is 6.41. The molecule has 1 aromatic rings. The molecule has 0 aliphatic carbocycles. The molecule has 0 saturated heterocycles. The van der Waals surface area contributed by atoms with Crippen LogP contribution in [0.2, 0.25) is 0 Å². The van der Waals surface area contributed by atoms with Gasteiger partial charge in [0.25, 0.3) is 0 Å². The van der Waals surface area contributed by atoms with E-state index in [2.05, 4.69) is 30.7 Å². The number of methoxy groups -OCH3 is 1. The van der Waals surface area contributed by atoms with Crippen molar-refractivity contribution in [3.05, 3.63) is 6.33 Å². The third-order valence-electron chi connectivity index (χ3n) is 3.11. The third kappa shape index (κ3) is 2.18. The van der Waals surface area contributed by atoms with E-state index in [-0.39, 0.29) is 5.54 Å². The van der Waals surface area contributed by atoms with E-state index in [4.69, 9.17) is 10.5 Å². The quantitative estimate of drug-likeness (QED) is 0.843. The number of aromatic nitrogens is 2. The van der Waals surface area contributed by atoms with Crippen LogP contribution in [0.5, 0.6) is 5.88 Å². The highest BCUT2D eigenvalue weighted by Gasteiger charge is 2.25. The summed E-state index contributed by atoms with van der Waals surface area (Å²) in [6.07, 6.45) is 2.46. The molecule has 0 aliphatic rings. The Morgan fingerprint density at radius 3 is 2.56 bits per heavy atom. The highest BCUT2D eigenvalue weighted by molar-refractivity contribution is 5.68. The first-order valence-corrected chi connectivity index (χ1v) is 5.32. The first-order chi connectivity index (χ1) is 7.44. The Labute approximate surface area is 96.6 Å². The summed E-state index contributed by atoms with van der Waals surface area (Å²) in [5, 5.41) is 0. The van der Waals surface area contributed by atoms with E-state index >= 15 is 0 Å². The molecule has 5 heteroatoms. The fraction of sp³-hybridized carbons (Fsp3) is 0.636. The number of nitrogens with two attached hydrogens (primary N) is 1. The van der Waals surface area contributed by atoms with Gasteiger partial charge in [-0.1, -0.05) is 6.92 Å². The maximum Gasteiger partial charge on any atom is 0.242 e. The van der Waals surface area contributed by atoms with Gasteiger partial charge in [-0.05, 0) is 20.3 Å². The summed E-state index contributed by atoms with van der Waals surface area (Å²) in [5.41, 5.74) is 6.43. The lowest BCUT2D eigenvalue weighted by Crippen LogP contribution is -2.41. The average molecular weight is 224 g/mol. The van der Waals surface area contributed by atoms with Gasteiger partial charge in [0.15, 0.2) is 5.82 Å². The van der Waals surface area contributed by atoms with Crippen molar-refractivity contribution in [1.29, 1.82) is 0 Å². The zero-order chi connectivity index (χ0) is 12.3. The fourth-order valence-electron chi connectivity index (χ4n) is 1.32. The summed E-state index contributed by atoms with van der Waals surface area (Å²) < 4.78 is 5.08. The van der Waals surface area contributed by atoms with Gasteiger partial charge in [0, 0.05) is 12.6 Å². The molecule has 0 atom stereocenters. The topological polar surface area (TPSA) is 64.3 Å². The molecule has 90 valence electrons. The van der Waals surface area contributed by atoms with Crippen molar-refractivity contribution in [2.24, 2.45) is 0 Å². The predicted octanol–water partition coefficient (Wildman–Crippen LogP) is 1.69. The van der Waals surface area contributed by atoms with Crippen LogP contribution in [0.4, 0.5) is 11.5 Å². The van der Waals surface area contributed by atoms with Crippen molar-refractivity contribution >= 4 is 11.5 Å². The lowest BCUT2D eigenvalue weighted by Gasteiger charge is -2.36. The molecule has 1 heterocycles. The molecule has 0 bridgehead atoms. The highest BCUT2D eigenvalue weighted by Crippen LogP contribution is 2.31. The summed E-state index contributed by atoms with van der Waals surface area (Å²) in [6, 6.07) is 0. The van der Waals surface area contributed by atoms with Crippen LogP contribution in [0.3, 0.4) is 0 Å². The lowest BCUT2D eigenvalue weighted by atomic mass is 10.00. The van der Waals surface area contributed by atoms with Crippen molar-refractivity contribution in [2.75, 3.05) is 24.8 Å². The molecular formula is C11H20N4O. The second kappa shape index (κ2) is 4.55. The minimum atomic E-state index is -0.00646. The SMILES string of the molecule is CCC(C)(C)N(C)c1ncnc(OC)c1N. The molecule has 0 aliphatic heterocycles. The van der Waals surface area contributed by atoms with Crippen LogP contribution in [0.1, 0.15) is 27.2 Å². The summed E-state index contributed by atoms with van der Waals surface area (Å²) in [4.78, 5) is 10.2. The molecule has 0 aromatic carbocycles. The second-order valence-electron chi connectivity index (χ2n) is 4.35. The lowest BCUT2D eigenvalue weighted by molar-refractivity contribution is 0.398. The van der Waals surface area contributed by atoms with Crippen LogP contribution in [0.15, 0.2) is 6.33 Å². The van der Waals surface area contributed by atoms with E-state index in [1.165, 1.54) is 6.33 Å². The van der Waals surface area contributed by atoms with E-state index in [1.54, 1.807) is 7.11 Å². The molecule has 1 rings (SSSR count). The fourth-order valence-corrected chi connectivity index (χ4v) is 1.32. The van der Waals surface area contributed by atoms with Gasteiger partial charge in [-0.15, -0.1) is 0 Å². The van der Waals surface area contributed by atoms with Crippen LogP contribution in [0, 0.1) is 0 Å². The van der Waals surface area contributed by atoms with E-state index in [1.807, 2.05) is 11.9 Å². The molecule has 0 fully saturated rings. The first-order valence-electron chi connectivity index (χ1n) is 5.32. The van der Waals surface area contributed by atoms with Gasteiger partial charge in [-0.2, -0.15) is 4.98 Å². The highest BCUT2D eigenvalue weighted by atomic mass is 16.5. The molecule has 0 amide bonds. The Morgan fingerprint density at radius 1 is 1.44 bits per heavy atom. The van der Waals surface area contributed by atoms with E-state index in [0.29, 0.717) is 17.4 Å². The molecule has 0 saturated carbocycles. The number of hydrogen-bond acceptors (Lipinski definition) is 5. The van der Waals surface area contributed by atoms with E-state index < -0.39 is 0 Å². The van der Waals surface area contributed by atoms with Crippen molar-refractivity contribution in [1.82, 2.24) is 9.97 Å². The monoisotopic (exact) mass is 224 g/mol. The Bertz CT molecular complexity index is 365. The van der Waals surface area contributed by atoms with Gasteiger partial charge in [0.1, 0.15) is 12.0 Å². The largest absolute Gasteiger partial charge is 0.479 e. The number of nitrogen functional groups attached to an aromatic ring is 1. The maximum atomic E-state index is 5.95. The summed E-state index contributed by atoms with van der Waals surface area (Å²) in [7, 11) is 3.52. The van der Waals surface area contributed by atoms with Crippen molar-refractivity contribution in [3.8, 4) is 5.88 Å². The smallest absolute Gasteiger partial charge is 0.242 e. The van der Waals surface area contributed by atoms with Crippen LogP contribution >= 0.6 is 0 Å². The Balaban J connectivity index is 3.14. The second-order valence-corrected chi connectivity index (χ2v) is 4.35. The summed E-state index contributed by atoms with van der Waals surface area (Å²) >= 11 is 0. The first kappa shape index (κ1) is 12.5. The van der Waals surface area contributed by atoms with Crippen molar-refractivity contribution in [3.63, 3.8) is 0 Å². The molecular weight excluding hydrogens is 204 g/mol. The molecule has 16 heavy (non-hydrogen) atoms. The van der Waals surface area contributed by atoms with E-state index in [0.717, 1.165) is 6.42 Å². The Kier molecular flexibility index (Phi) is 3.57. The van der Waals surface area contributed by atoms with Gasteiger partial charge in [-0.25, -0.2) is 4.98 Å². The van der Waals surface area contributed by atoms with Gasteiger partial charge in [0.05, 0.1) is 7.11 Å². The molecule has 1 aromatic heterocycles. The summed E-state index contributed by atoms with van der Waals surface area (Å²) in [5.74, 6) is 1.13. The molecule has 0 unspecified atom stereocenters. The average Bonchev–Trinajstić information content (AvgIpc) is 2.28. The van der Waals surface area contributed by atoms with Crippen molar-refractivity contribution < 1.29 is 4.74 Å². The van der Waals surface area contributed by atoms with E-state index in [9.17, 15) is 0 Å². The molecule has 0 spiro atoms. The minimum absolute atomic E-state index is 0.00646.